The third-order valence-electron chi connectivity index (χ3n) is 3.48. The lowest BCUT2D eigenvalue weighted by atomic mass is 10.1. The van der Waals surface area contributed by atoms with Crippen LogP contribution in [0.5, 0.6) is 0 Å². The molecule has 0 heterocycles. The Balaban J connectivity index is 1.87. The summed E-state index contributed by atoms with van der Waals surface area (Å²) in [6.45, 7) is 2.89. The Morgan fingerprint density at radius 1 is 0.963 bits per heavy atom. The van der Waals surface area contributed by atoms with Gasteiger partial charge in [-0.15, -0.1) is 0 Å². The summed E-state index contributed by atoms with van der Waals surface area (Å²) in [6.07, 6.45) is -1.00. The third kappa shape index (κ3) is 6.58. The second-order valence-electron chi connectivity index (χ2n) is 5.81. The van der Waals surface area contributed by atoms with Crippen LogP contribution >= 0.6 is 23.2 Å². The van der Waals surface area contributed by atoms with Gasteiger partial charge in [0.05, 0.1) is 16.5 Å². The van der Waals surface area contributed by atoms with Crippen LogP contribution < -0.4 is 10.6 Å². The maximum absolute atomic E-state index is 12.2. The first-order valence-corrected chi connectivity index (χ1v) is 8.82. The molecule has 0 unspecified atom stereocenters. The van der Waals surface area contributed by atoms with Crippen LogP contribution in [0.15, 0.2) is 42.5 Å². The fraction of sp³-hybridized carbons (Fsp3) is 0.211. The maximum atomic E-state index is 12.2. The summed E-state index contributed by atoms with van der Waals surface area (Å²) >= 11 is 11.7. The van der Waals surface area contributed by atoms with Gasteiger partial charge < -0.3 is 15.4 Å². The quantitative estimate of drug-likeness (QED) is 0.705. The van der Waals surface area contributed by atoms with Crippen molar-refractivity contribution in [1.29, 1.82) is 0 Å². The van der Waals surface area contributed by atoms with E-state index in [1.165, 1.54) is 13.8 Å². The van der Waals surface area contributed by atoms with E-state index >= 15 is 0 Å². The molecule has 2 amide bonds. The van der Waals surface area contributed by atoms with Gasteiger partial charge in [0.1, 0.15) is 0 Å². The van der Waals surface area contributed by atoms with Crippen molar-refractivity contribution >= 4 is 52.4 Å². The molecule has 6 nitrogen and oxygen atoms in total. The van der Waals surface area contributed by atoms with Crippen molar-refractivity contribution in [2.75, 3.05) is 10.6 Å². The van der Waals surface area contributed by atoms with Crippen molar-refractivity contribution in [3.8, 4) is 0 Å². The lowest BCUT2D eigenvalue weighted by molar-refractivity contribution is -0.152. The Hall–Kier alpha value is -2.57. The van der Waals surface area contributed by atoms with Gasteiger partial charge in [-0.3, -0.25) is 14.4 Å². The molecule has 2 rings (SSSR count). The molecular weight excluding hydrogens is 391 g/mol. The van der Waals surface area contributed by atoms with Gasteiger partial charge >= 0.3 is 5.97 Å². The topological polar surface area (TPSA) is 84.5 Å². The SMILES string of the molecule is CC(=O)Nc1ccc(NC(=O)[C@@H](C)OC(=O)Cc2ccc(Cl)c(Cl)c2)cc1. The zero-order valence-corrected chi connectivity index (χ0v) is 16.2. The minimum Gasteiger partial charge on any atom is -0.452 e. The second-order valence-corrected chi connectivity index (χ2v) is 6.62. The van der Waals surface area contributed by atoms with Gasteiger partial charge in [-0.1, -0.05) is 29.3 Å². The van der Waals surface area contributed by atoms with Gasteiger partial charge in [-0.25, -0.2) is 0 Å². The highest BCUT2D eigenvalue weighted by Gasteiger charge is 2.18. The molecule has 2 aromatic carbocycles. The van der Waals surface area contributed by atoms with Crippen molar-refractivity contribution in [3.63, 3.8) is 0 Å². The first-order valence-electron chi connectivity index (χ1n) is 8.06. The summed E-state index contributed by atoms with van der Waals surface area (Å²) in [6, 6.07) is 11.4. The minimum absolute atomic E-state index is 0.0279. The Bertz CT molecular complexity index is 853. The summed E-state index contributed by atoms with van der Waals surface area (Å²) in [7, 11) is 0. The molecule has 0 aliphatic rings. The molecule has 0 aliphatic heterocycles. The number of halogens is 2. The number of amides is 2. The Morgan fingerprint density at radius 2 is 1.56 bits per heavy atom. The van der Waals surface area contributed by atoms with Crippen LogP contribution in [0.3, 0.4) is 0 Å². The molecule has 2 aromatic rings. The predicted octanol–water partition coefficient (Wildman–Crippen LogP) is 4.06. The highest BCUT2D eigenvalue weighted by molar-refractivity contribution is 6.42. The zero-order valence-electron chi connectivity index (χ0n) is 14.7. The highest BCUT2D eigenvalue weighted by atomic mass is 35.5. The summed E-state index contributed by atoms with van der Waals surface area (Å²) < 4.78 is 5.15. The highest BCUT2D eigenvalue weighted by Crippen LogP contribution is 2.23. The fourth-order valence-corrected chi connectivity index (χ4v) is 2.51. The molecule has 0 radical (unpaired) electrons. The van der Waals surface area contributed by atoms with E-state index in [-0.39, 0.29) is 12.3 Å². The van der Waals surface area contributed by atoms with E-state index in [1.54, 1.807) is 42.5 Å². The van der Waals surface area contributed by atoms with Crippen LogP contribution in [-0.4, -0.2) is 23.9 Å². The summed E-state index contributed by atoms with van der Waals surface area (Å²) in [5.74, 6) is -1.21. The van der Waals surface area contributed by atoms with Crippen molar-refractivity contribution in [3.05, 3.63) is 58.1 Å². The standard InChI is InChI=1S/C19H18Cl2N2O4/c1-11(27-18(25)10-13-3-8-16(20)17(21)9-13)19(26)23-15-6-4-14(5-7-15)22-12(2)24/h3-9,11H,10H2,1-2H3,(H,22,24)(H,23,26)/t11-/m1/s1. The van der Waals surface area contributed by atoms with E-state index in [0.29, 0.717) is 27.0 Å². The second kappa shape index (κ2) is 9.39. The molecule has 1 atom stereocenters. The smallest absolute Gasteiger partial charge is 0.311 e. The molecular formula is C19H18Cl2N2O4. The number of hydrogen-bond acceptors (Lipinski definition) is 4. The van der Waals surface area contributed by atoms with E-state index in [1.807, 2.05) is 0 Å². The van der Waals surface area contributed by atoms with E-state index in [0.717, 1.165) is 0 Å². The number of benzene rings is 2. The van der Waals surface area contributed by atoms with Gasteiger partial charge in [-0.2, -0.15) is 0 Å². The van der Waals surface area contributed by atoms with Crippen LogP contribution in [0.25, 0.3) is 0 Å². The molecule has 0 saturated carbocycles. The number of ether oxygens (including phenoxy) is 1. The number of carbonyl (C=O) groups excluding carboxylic acids is 3. The summed E-state index contributed by atoms with van der Waals surface area (Å²) in [5, 5.41) is 6.00. The van der Waals surface area contributed by atoms with Crippen molar-refractivity contribution in [1.82, 2.24) is 0 Å². The van der Waals surface area contributed by atoms with E-state index in [9.17, 15) is 14.4 Å². The molecule has 0 fully saturated rings. The van der Waals surface area contributed by atoms with Crippen LogP contribution in [0, 0.1) is 0 Å². The number of nitrogens with one attached hydrogen (secondary N) is 2. The van der Waals surface area contributed by atoms with Crippen molar-refractivity contribution in [2.24, 2.45) is 0 Å². The first-order chi connectivity index (χ1) is 12.7. The van der Waals surface area contributed by atoms with E-state index in [2.05, 4.69) is 10.6 Å². The number of hydrogen-bond donors (Lipinski definition) is 2. The minimum atomic E-state index is -0.977. The monoisotopic (exact) mass is 408 g/mol. The average Bonchev–Trinajstić information content (AvgIpc) is 2.59. The maximum Gasteiger partial charge on any atom is 0.311 e. The largest absolute Gasteiger partial charge is 0.452 e. The Kier molecular flexibility index (Phi) is 7.21. The number of rotatable bonds is 6. The zero-order chi connectivity index (χ0) is 20.0. The van der Waals surface area contributed by atoms with Gasteiger partial charge in [0.2, 0.25) is 5.91 Å². The van der Waals surface area contributed by atoms with Crippen LogP contribution in [0.2, 0.25) is 10.0 Å². The molecule has 27 heavy (non-hydrogen) atoms. The number of carbonyl (C=O) groups is 3. The van der Waals surface area contributed by atoms with Gasteiger partial charge in [0.25, 0.3) is 5.91 Å². The van der Waals surface area contributed by atoms with Crippen molar-refractivity contribution < 1.29 is 19.1 Å². The van der Waals surface area contributed by atoms with E-state index in [4.69, 9.17) is 27.9 Å². The molecule has 0 saturated heterocycles. The number of anilines is 2. The normalized spacial score (nSPS) is 11.4. The molecule has 2 N–H and O–H groups in total. The molecule has 8 heteroatoms. The Morgan fingerprint density at radius 3 is 2.11 bits per heavy atom. The molecule has 0 spiro atoms. The molecule has 0 bridgehead atoms. The van der Waals surface area contributed by atoms with Crippen LogP contribution in [-0.2, 0) is 25.5 Å². The van der Waals surface area contributed by atoms with Crippen LogP contribution in [0.1, 0.15) is 19.4 Å². The van der Waals surface area contributed by atoms with E-state index < -0.39 is 18.0 Å². The predicted molar refractivity (Wildman–Crippen MR) is 105 cm³/mol. The van der Waals surface area contributed by atoms with Gasteiger partial charge in [0.15, 0.2) is 6.10 Å². The molecule has 142 valence electrons. The fourth-order valence-electron chi connectivity index (χ4n) is 2.19. The lowest BCUT2D eigenvalue weighted by Gasteiger charge is -2.14. The molecule has 0 aromatic heterocycles. The average molecular weight is 409 g/mol. The first kappa shape index (κ1) is 20.7. The third-order valence-corrected chi connectivity index (χ3v) is 4.22. The van der Waals surface area contributed by atoms with Gasteiger partial charge in [0, 0.05) is 18.3 Å². The van der Waals surface area contributed by atoms with Gasteiger partial charge in [-0.05, 0) is 48.9 Å². The Labute approximate surface area is 166 Å². The molecule has 0 aliphatic carbocycles. The van der Waals surface area contributed by atoms with Crippen molar-refractivity contribution in [2.45, 2.75) is 26.4 Å². The summed E-state index contributed by atoms with van der Waals surface area (Å²) in [4.78, 5) is 35.2. The summed E-state index contributed by atoms with van der Waals surface area (Å²) in [5.41, 5.74) is 1.76. The number of esters is 1. The lowest BCUT2D eigenvalue weighted by Crippen LogP contribution is -2.30. The van der Waals surface area contributed by atoms with Crippen LogP contribution in [0.4, 0.5) is 11.4 Å².